The molecule has 140 valence electrons. The Hall–Kier alpha value is -3.10. The molecule has 2 aromatic heterocycles. The highest BCUT2D eigenvalue weighted by molar-refractivity contribution is 7.16. The van der Waals surface area contributed by atoms with Gasteiger partial charge in [-0.2, -0.15) is 4.99 Å². The Bertz CT molecular complexity index is 1230. The van der Waals surface area contributed by atoms with Gasteiger partial charge >= 0.3 is 5.91 Å². The maximum atomic E-state index is 12.7. The predicted octanol–water partition coefficient (Wildman–Crippen LogP) is 5.17. The molecule has 0 spiro atoms. The second-order valence-corrected chi connectivity index (χ2v) is 7.66. The van der Waals surface area contributed by atoms with E-state index in [2.05, 4.69) is 36.0 Å². The Labute approximate surface area is 167 Å². The minimum absolute atomic E-state index is 0.231. The number of hydrogen-bond acceptors (Lipinski definition) is 3. The van der Waals surface area contributed by atoms with E-state index in [1.165, 1.54) is 16.9 Å². The average Bonchev–Trinajstić information content (AvgIpc) is 3.28. The molecule has 0 aliphatic heterocycles. The molecule has 0 saturated heterocycles. The van der Waals surface area contributed by atoms with Crippen LogP contribution in [0.5, 0.6) is 0 Å². The SMILES string of the molecule is C#CCn1c(=NC(=O)c2cc3ccccc3o2)sc2cc(CCCC)ccc21. The number of terminal acetylenes is 1. The average molecular weight is 388 g/mol. The van der Waals surface area contributed by atoms with Crippen LogP contribution in [0, 0.1) is 12.3 Å². The second kappa shape index (κ2) is 7.87. The van der Waals surface area contributed by atoms with Crippen molar-refractivity contribution in [2.24, 2.45) is 4.99 Å². The normalized spacial score (nSPS) is 11.9. The van der Waals surface area contributed by atoms with Gasteiger partial charge in [-0.1, -0.05) is 54.9 Å². The fraction of sp³-hybridized carbons (Fsp3) is 0.217. The number of hydrogen-bond donors (Lipinski definition) is 0. The van der Waals surface area contributed by atoms with Gasteiger partial charge in [0.15, 0.2) is 10.6 Å². The van der Waals surface area contributed by atoms with Crippen molar-refractivity contribution in [3.8, 4) is 12.3 Å². The van der Waals surface area contributed by atoms with E-state index < -0.39 is 5.91 Å². The highest BCUT2D eigenvalue weighted by Gasteiger charge is 2.13. The van der Waals surface area contributed by atoms with Crippen molar-refractivity contribution >= 4 is 38.4 Å². The molecule has 1 amide bonds. The van der Waals surface area contributed by atoms with Crippen molar-refractivity contribution in [3.63, 3.8) is 0 Å². The number of rotatable bonds is 5. The summed E-state index contributed by atoms with van der Waals surface area (Å²) in [4.78, 5) is 17.6. The van der Waals surface area contributed by atoms with Crippen LogP contribution in [0.2, 0.25) is 0 Å². The third-order valence-electron chi connectivity index (χ3n) is 4.65. The van der Waals surface area contributed by atoms with Crippen LogP contribution in [0.1, 0.15) is 35.9 Å². The lowest BCUT2D eigenvalue weighted by Crippen LogP contribution is -2.16. The minimum atomic E-state index is -0.403. The van der Waals surface area contributed by atoms with Crippen LogP contribution in [-0.2, 0) is 13.0 Å². The molecule has 0 fully saturated rings. The number of aryl methyl sites for hydroxylation is 1. The second-order valence-electron chi connectivity index (χ2n) is 6.65. The quantitative estimate of drug-likeness (QED) is 0.443. The predicted molar refractivity (Wildman–Crippen MR) is 113 cm³/mol. The number of amides is 1. The summed E-state index contributed by atoms with van der Waals surface area (Å²) >= 11 is 1.48. The lowest BCUT2D eigenvalue weighted by atomic mass is 10.1. The van der Waals surface area contributed by atoms with Gasteiger partial charge in [0.05, 0.1) is 16.8 Å². The largest absolute Gasteiger partial charge is 0.451 e. The van der Waals surface area contributed by atoms with Crippen molar-refractivity contribution in [3.05, 3.63) is 64.7 Å². The number of fused-ring (bicyclic) bond motifs is 2. The molecule has 0 aliphatic carbocycles. The van der Waals surface area contributed by atoms with Crippen LogP contribution >= 0.6 is 11.3 Å². The molecule has 4 aromatic rings. The molecule has 28 heavy (non-hydrogen) atoms. The lowest BCUT2D eigenvalue weighted by Gasteiger charge is -2.02. The van der Waals surface area contributed by atoms with Crippen LogP contribution in [0.4, 0.5) is 0 Å². The van der Waals surface area contributed by atoms with E-state index in [4.69, 9.17) is 10.8 Å². The molecule has 0 unspecified atom stereocenters. The van der Waals surface area contributed by atoms with Gasteiger partial charge < -0.3 is 8.98 Å². The number of benzene rings is 2. The first-order valence-electron chi connectivity index (χ1n) is 9.33. The van der Waals surface area contributed by atoms with E-state index in [9.17, 15) is 4.79 Å². The summed E-state index contributed by atoms with van der Waals surface area (Å²) in [5.74, 6) is 2.49. The topological polar surface area (TPSA) is 47.5 Å². The van der Waals surface area contributed by atoms with Gasteiger partial charge in [0.1, 0.15) is 5.58 Å². The fourth-order valence-electron chi connectivity index (χ4n) is 3.21. The molecule has 0 bridgehead atoms. The van der Waals surface area contributed by atoms with Gasteiger partial charge in [-0.15, -0.1) is 6.42 Å². The molecule has 2 aromatic carbocycles. The summed E-state index contributed by atoms with van der Waals surface area (Å²) in [6, 6.07) is 15.6. The van der Waals surface area contributed by atoms with Crippen molar-refractivity contribution in [2.45, 2.75) is 32.7 Å². The maximum absolute atomic E-state index is 12.7. The summed E-state index contributed by atoms with van der Waals surface area (Å²) in [6.45, 7) is 2.55. The van der Waals surface area contributed by atoms with Crippen LogP contribution < -0.4 is 4.80 Å². The van der Waals surface area contributed by atoms with Crippen molar-refractivity contribution in [1.82, 2.24) is 4.57 Å². The van der Waals surface area contributed by atoms with Gasteiger partial charge in [-0.3, -0.25) is 4.79 Å². The fourth-order valence-corrected chi connectivity index (χ4v) is 4.30. The first-order valence-corrected chi connectivity index (χ1v) is 10.1. The molecule has 0 radical (unpaired) electrons. The molecule has 5 heteroatoms. The number of aromatic nitrogens is 1. The monoisotopic (exact) mass is 388 g/mol. The Morgan fingerprint density at radius 3 is 2.89 bits per heavy atom. The lowest BCUT2D eigenvalue weighted by molar-refractivity contribution is 0.0973. The van der Waals surface area contributed by atoms with Crippen LogP contribution in [0.25, 0.3) is 21.2 Å². The Balaban J connectivity index is 1.78. The van der Waals surface area contributed by atoms with Gasteiger partial charge in [-0.25, -0.2) is 0 Å². The Morgan fingerprint density at radius 2 is 2.11 bits per heavy atom. The zero-order valence-electron chi connectivity index (χ0n) is 15.6. The number of para-hydroxylation sites is 1. The number of carbonyl (C=O) groups is 1. The van der Waals surface area contributed by atoms with E-state index in [1.807, 2.05) is 28.8 Å². The molecule has 4 rings (SSSR count). The Morgan fingerprint density at radius 1 is 1.25 bits per heavy atom. The summed E-state index contributed by atoms with van der Waals surface area (Å²) < 4.78 is 8.64. The highest BCUT2D eigenvalue weighted by Crippen LogP contribution is 2.22. The van der Waals surface area contributed by atoms with Crippen LogP contribution in [0.3, 0.4) is 0 Å². The zero-order valence-corrected chi connectivity index (χ0v) is 16.5. The van der Waals surface area contributed by atoms with Gasteiger partial charge in [-0.05, 0) is 42.7 Å². The summed E-state index contributed by atoms with van der Waals surface area (Å²) in [5, 5.41) is 0.884. The minimum Gasteiger partial charge on any atom is -0.451 e. The number of carbonyl (C=O) groups excluding carboxylic acids is 1. The van der Waals surface area contributed by atoms with E-state index in [0.29, 0.717) is 16.9 Å². The third-order valence-corrected chi connectivity index (χ3v) is 5.69. The highest BCUT2D eigenvalue weighted by atomic mass is 32.1. The molecule has 0 aliphatic rings. The first kappa shape index (κ1) is 18.3. The third kappa shape index (κ3) is 3.51. The molecular weight excluding hydrogens is 368 g/mol. The summed E-state index contributed by atoms with van der Waals surface area (Å²) in [5.41, 5.74) is 2.97. The van der Waals surface area contributed by atoms with E-state index >= 15 is 0 Å². The van der Waals surface area contributed by atoms with Crippen molar-refractivity contribution in [1.29, 1.82) is 0 Å². The van der Waals surface area contributed by atoms with Gasteiger partial charge in [0.25, 0.3) is 0 Å². The molecule has 2 heterocycles. The zero-order chi connectivity index (χ0) is 19.5. The van der Waals surface area contributed by atoms with E-state index in [1.54, 1.807) is 6.07 Å². The van der Waals surface area contributed by atoms with Crippen LogP contribution in [0.15, 0.2) is 57.9 Å². The standard InChI is InChI=1S/C23H20N2O2S/c1-3-5-8-16-11-12-18-21(14-16)28-23(25(18)13-4-2)24-22(26)20-15-17-9-6-7-10-19(17)27-20/h2,6-7,9-12,14-15H,3,5,8,13H2,1H3. The van der Waals surface area contributed by atoms with Gasteiger partial charge in [0.2, 0.25) is 0 Å². The van der Waals surface area contributed by atoms with E-state index in [-0.39, 0.29) is 5.76 Å². The number of thiazole rings is 1. The van der Waals surface area contributed by atoms with Crippen LogP contribution in [-0.4, -0.2) is 10.5 Å². The Kier molecular flexibility index (Phi) is 5.14. The molecular formula is C23H20N2O2S. The van der Waals surface area contributed by atoms with Crippen molar-refractivity contribution < 1.29 is 9.21 Å². The first-order chi connectivity index (χ1) is 13.7. The molecule has 0 atom stereocenters. The number of furan rings is 1. The molecule has 0 N–H and O–H groups in total. The van der Waals surface area contributed by atoms with Crippen molar-refractivity contribution in [2.75, 3.05) is 0 Å². The summed E-state index contributed by atoms with van der Waals surface area (Å²) in [7, 11) is 0. The molecule has 4 nitrogen and oxygen atoms in total. The van der Waals surface area contributed by atoms with E-state index in [0.717, 1.165) is 34.9 Å². The molecule has 0 saturated carbocycles. The maximum Gasteiger partial charge on any atom is 0.315 e. The number of nitrogens with zero attached hydrogens (tertiary/aromatic N) is 2. The summed E-state index contributed by atoms with van der Waals surface area (Å²) in [6.07, 6.45) is 8.92. The van der Waals surface area contributed by atoms with Gasteiger partial charge in [0, 0.05) is 5.39 Å². The number of unbranched alkanes of at least 4 members (excludes halogenated alkanes) is 1. The smallest absolute Gasteiger partial charge is 0.315 e.